The first kappa shape index (κ1) is 23.6. The highest BCUT2D eigenvalue weighted by Crippen LogP contribution is 2.30. The van der Waals surface area contributed by atoms with E-state index in [2.05, 4.69) is 49.0 Å². The van der Waals surface area contributed by atoms with Crippen molar-refractivity contribution in [3.05, 3.63) is 70.4 Å². The molecule has 182 valence electrons. The fourth-order valence-electron chi connectivity index (χ4n) is 5.14. The van der Waals surface area contributed by atoms with Gasteiger partial charge in [0.1, 0.15) is 5.02 Å². The Balaban J connectivity index is 1.31. The second-order valence-electron chi connectivity index (χ2n) is 9.22. The van der Waals surface area contributed by atoms with Gasteiger partial charge in [0.2, 0.25) is 5.95 Å². The van der Waals surface area contributed by atoms with Gasteiger partial charge in [-0.1, -0.05) is 29.8 Å². The molecule has 3 aromatic rings. The van der Waals surface area contributed by atoms with Crippen LogP contribution in [-0.2, 0) is 12.8 Å². The third-order valence-corrected chi connectivity index (χ3v) is 7.29. The van der Waals surface area contributed by atoms with Crippen molar-refractivity contribution in [3.8, 4) is 0 Å². The van der Waals surface area contributed by atoms with E-state index >= 15 is 0 Å². The van der Waals surface area contributed by atoms with Gasteiger partial charge < -0.3 is 20.9 Å². The molecule has 2 aromatic carbocycles. The third kappa shape index (κ3) is 5.41. The lowest BCUT2D eigenvalue weighted by Crippen LogP contribution is -2.32. The van der Waals surface area contributed by atoms with E-state index in [-0.39, 0.29) is 5.91 Å². The monoisotopic (exact) mass is 490 g/mol. The molecular weight excluding hydrogens is 460 g/mol. The van der Waals surface area contributed by atoms with Gasteiger partial charge in [-0.05, 0) is 87.0 Å². The first-order chi connectivity index (χ1) is 17.1. The number of carbonyl (C=O) groups is 1. The molecule has 1 aliphatic carbocycles. The number of hydrogen-bond donors (Lipinski definition) is 3. The van der Waals surface area contributed by atoms with Crippen LogP contribution in [0, 0.1) is 0 Å². The average molecular weight is 491 g/mol. The zero-order valence-corrected chi connectivity index (χ0v) is 20.7. The summed E-state index contributed by atoms with van der Waals surface area (Å²) in [7, 11) is 1.60. The Kier molecular flexibility index (Phi) is 7.16. The predicted molar refractivity (Wildman–Crippen MR) is 141 cm³/mol. The van der Waals surface area contributed by atoms with E-state index in [1.807, 2.05) is 18.2 Å². The molecule has 1 saturated heterocycles. The highest BCUT2D eigenvalue weighted by Gasteiger charge is 2.24. The van der Waals surface area contributed by atoms with Gasteiger partial charge in [0.15, 0.2) is 5.82 Å². The lowest BCUT2D eigenvalue weighted by Gasteiger charge is -2.25. The van der Waals surface area contributed by atoms with Crippen LogP contribution in [0.15, 0.2) is 48.7 Å². The van der Waals surface area contributed by atoms with E-state index in [4.69, 9.17) is 11.6 Å². The maximum absolute atomic E-state index is 12.2. The minimum Gasteiger partial charge on any atom is -0.355 e. The summed E-state index contributed by atoms with van der Waals surface area (Å²) in [5.41, 5.74) is 4.95. The number of carbonyl (C=O) groups excluding carboxylic acids is 1. The molecule has 1 aliphatic heterocycles. The number of nitrogens with zero attached hydrogens (tertiary/aromatic N) is 3. The molecule has 0 spiro atoms. The summed E-state index contributed by atoms with van der Waals surface area (Å²) < 4.78 is 0. The van der Waals surface area contributed by atoms with Crippen molar-refractivity contribution < 1.29 is 4.79 Å². The minimum atomic E-state index is -0.187. The number of amides is 1. The van der Waals surface area contributed by atoms with Crippen LogP contribution in [0.4, 0.5) is 23.1 Å². The lowest BCUT2D eigenvalue weighted by molar-refractivity contribution is 0.0964. The number of halogens is 1. The Labute approximate surface area is 211 Å². The number of rotatable bonds is 6. The van der Waals surface area contributed by atoms with Gasteiger partial charge in [-0.3, -0.25) is 4.79 Å². The molecule has 0 radical (unpaired) electrons. The van der Waals surface area contributed by atoms with E-state index in [1.54, 1.807) is 19.3 Å². The molecule has 2 aliphatic rings. The van der Waals surface area contributed by atoms with Gasteiger partial charge in [0.25, 0.3) is 5.91 Å². The molecule has 7 nitrogen and oxygen atoms in total. The SMILES string of the molecule is CNC(=O)c1ccccc1Nc1nc(Nc2ccc3c(c2)CCC(N2CCCC2)CC3)ncc1Cl. The average Bonchev–Trinajstić information content (AvgIpc) is 3.33. The molecule has 8 heteroatoms. The number of para-hydroxylation sites is 1. The molecule has 1 fully saturated rings. The van der Waals surface area contributed by atoms with Crippen LogP contribution in [0.1, 0.15) is 47.2 Å². The summed E-state index contributed by atoms with van der Waals surface area (Å²) >= 11 is 6.38. The van der Waals surface area contributed by atoms with E-state index in [0.717, 1.165) is 18.5 Å². The first-order valence-electron chi connectivity index (χ1n) is 12.3. The number of fused-ring (bicyclic) bond motifs is 1. The van der Waals surface area contributed by atoms with E-state index in [1.165, 1.54) is 49.9 Å². The van der Waals surface area contributed by atoms with Gasteiger partial charge in [-0.15, -0.1) is 0 Å². The zero-order chi connectivity index (χ0) is 24.2. The van der Waals surface area contributed by atoms with Crippen molar-refractivity contribution in [2.24, 2.45) is 0 Å². The predicted octanol–water partition coefficient (Wildman–Crippen LogP) is 5.32. The van der Waals surface area contributed by atoms with Gasteiger partial charge in [-0.2, -0.15) is 4.98 Å². The van der Waals surface area contributed by atoms with Crippen molar-refractivity contribution in [2.45, 2.75) is 44.6 Å². The molecular formula is C27H31ClN6O. The van der Waals surface area contributed by atoms with Gasteiger partial charge in [0, 0.05) is 18.8 Å². The lowest BCUT2D eigenvalue weighted by atomic mass is 10.0. The van der Waals surface area contributed by atoms with Crippen molar-refractivity contribution in [2.75, 3.05) is 30.8 Å². The van der Waals surface area contributed by atoms with Crippen LogP contribution in [-0.4, -0.2) is 47.0 Å². The minimum absolute atomic E-state index is 0.187. The topological polar surface area (TPSA) is 82.2 Å². The van der Waals surface area contributed by atoms with Crippen molar-refractivity contribution >= 4 is 40.6 Å². The second kappa shape index (κ2) is 10.6. The van der Waals surface area contributed by atoms with Crippen LogP contribution in [0.2, 0.25) is 5.02 Å². The van der Waals surface area contributed by atoms with E-state index < -0.39 is 0 Å². The molecule has 3 N–H and O–H groups in total. The van der Waals surface area contributed by atoms with Crippen LogP contribution < -0.4 is 16.0 Å². The van der Waals surface area contributed by atoms with Gasteiger partial charge >= 0.3 is 0 Å². The molecule has 0 bridgehead atoms. The van der Waals surface area contributed by atoms with Crippen LogP contribution in [0.25, 0.3) is 0 Å². The fraction of sp³-hybridized carbons (Fsp3) is 0.370. The smallest absolute Gasteiger partial charge is 0.253 e. The molecule has 1 unspecified atom stereocenters. The van der Waals surface area contributed by atoms with E-state index in [0.29, 0.717) is 34.1 Å². The molecule has 0 saturated carbocycles. The van der Waals surface area contributed by atoms with Crippen LogP contribution >= 0.6 is 11.6 Å². The number of hydrogen-bond acceptors (Lipinski definition) is 6. The Morgan fingerprint density at radius 2 is 1.80 bits per heavy atom. The first-order valence-corrected chi connectivity index (χ1v) is 12.7. The zero-order valence-electron chi connectivity index (χ0n) is 20.0. The molecule has 1 atom stereocenters. The van der Waals surface area contributed by atoms with E-state index in [9.17, 15) is 4.79 Å². The molecule has 1 aromatic heterocycles. The van der Waals surface area contributed by atoms with Crippen LogP contribution in [0.3, 0.4) is 0 Å². The third-order valence-electron chi connectivity index (χ3n) is 7.01. The highest BCUT2D eigenvalue weighted by atomic mass is 35.5. The van der Waals surface area contributed by atoms with Crippen molar-refractivity contribution in [3.63, 3.8) is 0 Å². The normalized spacial score (nSPS) is 17.9. The number of nitrogens with one attached hydrogen (secondary N) is 3. The summed E-state index contributed by atoms with van der Waals surface area (Å²) in [5.74, 6) is 0.690. The fourth-order valence-corrected chi connectivity index (χ4v) is 5.28. The summed E-state index contributed by atoms with van der Waals surface area (Å²) in [6.07, 6.45) is 8.93. The Bertz CT molecular complexity index is 1210. The van der Waals surface area contributed by atoms with Crippen molar-refractivity contribution in [1.82, 2.24) is 20.2 Å². The highest BCUT2D eigenvalue weighted by molar-refractivity contribution is 6.33. The van der Waals surface area contributed by atoms with Gasteiger partial charge in [-0.25, -0.2) is 4.98 Å². The maximum atomic E-state index is 12.2. The Morgan fingerprint density at radius 1 is 1.03 bits per heavy atom. The maximum Gasteiger partial charge on any atom is 0.253 e. The summed E-state index contributed by atoms with van der Waals surface area (Å²) in [4.78, 5) is 23.9. The number of likely N-dealkylation sites (tertiary alicyclic amines) is 1. The summed E-state index contributed by atoms with van der Waals surface area (Å²) in [6.45, 7) is 2.51. The van der Waals surface area contributed by atoms with Crippen LogP contribution in [0.5, 0.6) is 0 Å². The van der Waals surface area contributed by atoms with Gasteiger partial charge in [0.05, 0.1) is 17.4 Å². The quantitative estimate of drug-likeness (QED) is 0.406. The Hall–Kier alpha value is -3.16. The number of aromatic nitrogens is 2. The largest absolute Gasteiger partial charge is 0.355 e. The molecule has 5 rings (SSSR count). The summed E-state index contributed by atoms with van der Waals surface area (Å²) in [5, 5.41) is 9.54. The molecule has 35 heavy (non-hydrogen) atoms. The summed E-state index contributed by atoms with van der Waals surface area (Å²) in [6, 6.07) is 14.5. The number of benzene rings is 2. The Morgan fingerprint density at radius 3 is 2.60 bits per heavy atom. The second-order valence-corrected chi connectivity index (χ2v) is 9.63. The standard InChI is InChI=1S/C27H31ClN6O/c1-29-26(35)22-6-2-3-7-24(22)32-25-23(28)17-30-27(33-25)31-20-11-8-18-9-12-21(13-10-19(18)16-20)34-14-4-5-15-34/h2-3,6-8,11,16-17,21H,4-5,9-10,12-15H2,1H3,(H,29,35)(H2,30,31,32,33). The number of aryl methyl sites for hydroxylation is 2. The molecule has 2 heterocycles. The number of anilines is 4. The van der Waals surface area contributed by atoms with Crippen molar-refractivity contribution in [1.29, 1.82) is 0 Å². The molecule has 1 amide bonds.